The molecule has 0 aliphatic carbocycles. The van der Waals surface area contributed by atoms with Crippen molar-refractivity contribution in [1.29, 1.82) is 0 Å². The van der Waals surface area contributed by atoms with E-state index in [9.17, 15) is 9.59 Å². The Morgan fingerprint density at radius 1 is 1.26 bits per heavy atom. The van der Waals surface area contributed by atoms with Gasteiger partial charge in [0.25, 0.3) is 0 Å². The third-order valence-corrected chi connectivity index (χ3v) is 3.16. The van der Waals surface area contributed by atoms with E-state index in [-0.39, 0.29) is 18.5 Å². The van der Waals surface area contributed by atoms with Gasteiger partial charge in [0.15, 0.2) is 0 Å². The van der Waals surface area contributed by atoms with E-state index in [1.54, 1.807) is 29.2 Å². The molecule has 0 bridgehead atoms. The van der Waals surface area contributed by atoms with Crippen molar-refractivity contribution in [2.75, 3.05) is 25.4 Å². The Morgan fingerprint density at radius 2 is 2.00 bits per heavy atom. The summed E-state index contributed by atoms with van der Waals surface area (Å²) >= 11 is 0. The van der Waals surface area contributed by atoms with Crippen LogP contribution in [-0.2, 0) is 9.53 Å². The number of rotatable bonds is 4. The number of nitrogens with zero attached hydrogens (tertiary/aromatic N) is 1. The van der Waals surface area contributed by atoms with Gasteiger partial charge < -0.3 is 15.4 Å². The molecule has 5 heteroatoms. The molecule has 1 aliphatic rings. The molecule has 1 saturated heterocycles. The minimum absolute atomic E-state index is 0.148. The van der Waals surface area contributed by atoms with Crippen molar-refractivity contribution in [3.63, 3.8) is 0 Å². The van der Waals surface area contributed by atoms with Gasteiger partial charge in [-0.1, -0.05) is 0 Å². The minimum Gasteiger partial charge on any atom is -0.460 e. The number of carbonyl (C=O) groups excluding carboxylic acids is 2. The summed E-state index contributed by atoms with van der Waals surface area (Å²) in [6.45, 7) is 1.47. The van der Waals surface area contributed by atoms with E-state index >= 15 is 0 Å². The van der Waals surface area contributed by atoms with Crippen LogP contribution in [0, 0.1) is 0 Å². The third kappa shape index (κ3) is 3.71. The number of nitrogen functional groups attached to an aromatic ring is 1. The number of likely N-dealkylation sites (tertiary alicyclic amines) is 1. The molecule has 0 unspecified atom stereocenters. The van der Waals surface area contributed by atoms with Crippen molar-refractivity contribution in [2.24, 2.45) is 0 Å². The number of nitrogens with two attached hydrogens (primary N) is 1. The molecule has 1 aromatic rings. The number of hydrogen-bond acceptors (Lipinski definition) is 4. The van der Waals surface area contributed by atoms with Gasteiger partial charge in [-0.05, 0) is 37.1 Å². The maximum absolute atomic E-state index is 11.7. The molecular weight excluding hydrogens is 244 g/mol. The summed E-state index contributed by atoms with van der Waals surface area (Å²) in [6.07, 6.45) is 2.59. The van der Waals surface area contributed by atoms with Crippen LogP contribution in [0.15, 0.2) is 24.3 Å². The predicted octanol–water partition coefficient (Wildman–Crippen LogP) is 1.44. The van der Waals surface area contributed by atoms with Crippen molar-refractivity contribution in [2.45, 2.75) is 19.3 Å². The monoisotopic (exact) mass is 262 g/mol. The fourth-order valence-corrected chi connectivity index (χ4v) is 2.05. The fourth-order valence-electron chi connectivity index (χ4n) is 2.05. The highest BCUT2D eigenvalue weighted by Crippen LogP contribution is 2.10. The van der Waals surface area contributed by atoms with Crippen LogP contribution >= 0.6 is 0 Å². The topological polar surface area (TPSA) is 72.6 Å². The number of hydrogen-bond donors (Lipinski definition) is 1. The Kier molecular flexibility index (Phi) is 4.39. The van der Waals surface area contributed by atoms with E-state index in [1.165, 1.54) is 0 Å². The zero-order valence-electron chi connectivity index (χ0n) is 10.8. The maximum Gasteiger partial charge on any atom is 0.338 e. The van der Waals surface area contributed by atoms with Gasteiger partial charge in [-0.3, -0.25) is 4.79 Å². The molecule has 19 heavy (non-hydrogen) atoms. The van der Waals surface area contributed by atoms with E-state index in [2.05, 4.69) is 0 Å². The first-order chi connectivity index (χ1) is 9.16. The summed E-state index contributed by atoms with van der Waals surface area (Å²) in [5.74, 6) is -0.237. The van der Waals surface area contributed by atoms with Crippen LogP contribution in [0.25, 0.3) is 0 Å². The van der Waals surface area contributed by atoms with Crippen molar-refractivity contribution < 1.29 is 14.3 Å². The molecule has 0 radical (unpaired) electrons. The van der Waals surface area contributed by atoms with Crippen molar-refractivity contribution in [1.82, 2.24) is 4.90 Å². The van der Waals surface area contributed by atoms with Crippen LogP contribution in [-0.4, -0.2) is 36.5 Å². The van der Waals surface area contributed by atoms with E-state index in [4.69, 9.17) is 10.5 Å². The maximum atomic E-state index is 11.7. The normalized spacial score (nSPS) is 15.4. The molecule has 1 aromatic carbocycles. The van der Waals surface area contributed by atoms with Crippen LogP contribution in [0.1, 0.15) is 29.6 Å². The molecule has 0 spiro atoms. The quantitative estimate of drug-likeness (QED) is 0.658. The summed E-state index contributed by atoms with van der Waals surface area (Å²) in [4.78, 5) is 25.0. The van der Waals surface area contributed by atoms with Gasteiger partial charge in [-0.2, -0.15) is 0 Å². The molecule has 0 atom stereocenters. The zero-order chi connectivity index (χ0) is 13.7. The summed E-state index contributed by atoms with van der Waals surface area (Å²) in [6, 6.07) is 6.57. The average molecular weight is 262 g/mol. The summed E-state index contributed by atoms with van der Waals surface area (Å²) in [5, 5.41) is 0. The number of anilines is 1. The molecule has 0 aromatic heterocycles. The summed E-state index contributed by atoms with van der Waals surface area (Å²) in [5.41, 5.74) is 6.62. The molecule has 1 amide bonds. The number of esters is 1. The molecular formula is C14H18N2O3. The molecule has 1 aliphatic heterocycles. The van der Waals surface area contributed by atoms with E-state index < -0.39 is 0 Å². The third-order valence-electron chi connectivity index (χ3n) is 3.16. The van der Waals surface area contributed by atoms with E-state index in [0.29, 0.717) is 24.2 Å². The first-order valence-electron chi connectivity index (χ1n) is 6.47. The molecule has 2 N–H and O–H groups in total. The van der Waals surface area contributed by atoms with Gasteiger partial charge in [-0.25, -0.2) is 4.79 Å². The van der Waals surface area contributed by atoms with E-state index in [0.717, 1.165) is 19.4 Å². The summed E-state index contributed by atoms with van der Waals surface area (Å²) < 4.78 is 5.15. The first-order valence-corrected chi connectivity index (χ1v) is 6.47. The van der Waals surface area contributed by atoms with Gasteiger partial charge in [0, 0.05) is 18.7 Å². The Bertz CT molecular complexity index is 456. The van der Waals surface area contributed by atoms with Crippen LogP contribution in [0.3, 0.4) is 0 Å². The minimum atomic E-state index is -0.385. The van der Waals surface area contributed by atoms with Crippen molar-refractivity contribution in [3.8, 4) is 0 Å². The highest BCUT2D eigenvalue weighted by atomic mass is 16.5. The van der Waals surface area contributed by atoms with Gasteiger partial charge in [0.1, 0.15) is 6.61 Å². The average Bonchev–Trinajstić information content (AvgIpc) is 2.41. The van der Waals surface area contributed by atoms with Crippen LogP contribution in [0.5, 0.6) is 0 Å². The number of carbonyl (C=O) groups is 2. The second-order valence-electron chi connectivity index (χ2n) is 4.60. The zero-order valence-corrected chi connectivity index (χ0v) is 10.8. The Labute approximate surface area is 112 Å². The van der Waals surface area contributed by atoms with Crippen LogP contribution in [0.4, 0.5) is 5.69 Å². The fraction of sp³-hybridized carbons (Fsp3) is 0.429. The highest BCUT2D eigenvalue weighted by molar-refractivity contribution is 5.89. The predicted molar refractivity (Wildman–Crippen MR) is 71.6 cm³/mol. The van der Waals surface area contributed by atoms with Crippen molar-refractivity contribution >= 4 is 17.6 Å². The molecule has 5 nitrogen and oxygen atoms in total. The van der Waals surface area contributed by atoms with E-state index in [1.807, 2.05) is 0 Å². The van der Waals surface area contributed by atoms with Gasteiger partial charge in [-0.15, -0.1) is 0 Å². The lowest BCUT2D eigenvalue weighted by molar-refractivity contribution is -0.133. The number of benzene rings is 1. The second kappa shape index (κ2) is 6.22. The molecule has 2 rings (SSSR count). The lowest BCUT2D eigenvalue weighted by atomic mass is 10.1. The standard InChI is InChI=1S/C14H18N2O3/c15-12-6-4-11(5-7-12)14(18)19-10-9-16-8-2-1-3-13(16)17/h4-7H,1-3,8-10,15H2. The lowest BCUT2D eigenvalue weighted by Crippen LogP contribution is -2.37. The van der Waals surface area contributed by atoms with Gasteiger partial charge >= 0.3 is 5.97 Å². The molecule has 0 saturated carbocycles. The van der Waals surface area contributed by atoms with Crippen LogP contribution < -0.4 is 5.73 Å². The molecule has 1 fully saturated rings. The SMILES string of the molecule is Nc1ccc(C(=O)OCCN2CCCCC2=O)cc1. The van der Waals surface area contributed by atoms with Gasteiger partial charge in [0.05, 0.1) is 12.1 Å². The lowest BCUT2D eigenvalue weighted by Gasteiger charge is -2.26. The smallest absolute Gasteiger partial charge is 0.338 e. The molecule has 1 heterocycles. The first kappa shape index (κ1) is 13.4. The number of ether oxygens (including phenoxy) is 1. The Morgan fingerprint density at radius 3 is 2.68 bits per heavy atom. The summed E-state index contributed by atoms with van der Waals surface area (Å²) in [7, 11) is 0. The van der Waals surface area contributed by atoms with Crippen molar-refractivity contribution in [3.05, 3.63) is 29.8 Å². The Balaban J connectivity index is 1.77. The second-order valence-corrected chi connectivity index (χ2v) is 4.60. The number of piperidine rings is 1. The van der Waals surface area contributed by atoms with Crippen LogP contribution in [0.2, 0.25) is 0 Å². The Hall–Kier alpha value is -2.04. The van der Waals surface area contributed by atoms with Gasteiger partial charge in [0.2, 0.25) is 5.91 Å². The molecule has 102 valence electrons. The largest absolute Gasteiger partial charge is 0.460 e. The highest BCUT2D eigenvalue weighted by Gasteiger charge is 2.18. The number of amides is 1.